The Morgan fingerprint density at radius 1 is 1.36 bits per heavy atom. The van der Waals surface area contributed by atoms with E-state index in [2.05, 4.69) is 0 Å². The van der Waals surface area contributed by atoms with Gasteiger partial charge < -0.3 is 28.5 Å². The average molecular weight is 344 g/mol. The molecule has 4 heterocycles. The van der Waals surface area contributed by atoms with Crippen molar-refractivity contribution in [2.45, 2.75) is 18.3 Å². The molecule has 0 saturated heterocycles. The number of benzene rings is 1. The normalized spacial score (nSPS) is 25.7. The van der Waals surface area contributed by atoms with Crippen LogP contribution in [-0.2, 0) is 21.5 Å². The van der Waals surface area contributed by atoms with E-state index in [9.17, 15) is 14.7 Å². The van der Waals surface area contributed by atoms with E-state index in [1.54, 1.807) is 6.07 Å². The summed E-state index contributed by atoms with van der Waals surface area (Å²) in [6.07, 6.45) is 2.14. The van der Waals surface area contributed by atoms with Gasteiger partial charge in [-0.05, 0) is 11.6 Å². The van der Waals surface area contributed by atoms with Gasteiger partial charge in [-0.2, -0.15) is 0 Å². The smallest absolute Gasteiger partial charge is 0.351 e. The van der Waals surface area contributed by atoms with Gasteiger partial charge in [0.25, 0.3) is 6.29 Å². The average Bonchev–Trinajstić information content (AvgIpc) is 3.07. The molecule has 8 nitrogen and oxygen atoms in total. The Hall–Kier alpha value is -3.00. The van der Waals surface area contributed by atoms with Crippen molar-refractivity contribution in [3.8, 4) is 11.5 Å². The highest BCUT2D eigenvalue weighted by atomic mass is 16.7. The summed E-state index contributed by atoms with van der Waals surface area (Å²) in [5.74, 6) is -0.0601. The second kappa shape index (κ2) is 4.54. The number of hydrogen-bond acceptors (Lipinski definition) is 8. The summed E-state index contributed by atoms with van der Waals surface area (Å²) in [6, 6.07) is 1.59. The molecule has 3 aliphatic rings. The minimum atomic E-state index is -1.58. The Morgan fingerprint density at radius 3 is 3.00 bits per heavy atom. The van der Waals surface area contributed by atoms with Crippen LogP contribution in [-0.4, -0.2) is 31.1 Å². The summed E-state index contributed by atoms with van der Waals surface area (Å²) in [7, 11) is 1.46. The predicted molar refractivity (Wildman–Crippen MR) is 81.6 cm³/mol. The fourth-order valence-electron chi connectivity index (χ4n) is 3.63. The van der Waals surface area contributed by atoms with E-state index in [4.69, 9.17) is 23.4 Å². The van der Waals surface area contributed by atoms with Gasteiger partial charge >= 0.3 is 11.6 Å². The van der Waals surface area contributed by atoms with Crippen LogP contribution in [0.5, 0.6) is 11.5 Å². The minimum absolute atomic E-state index is 0.118. The Kier molecular flexibility index (Phi) is 2.61. The third-order valence-electron chi connectivity index (χ3n) is 4.74. The molecule has 1 aromatic heterocycles. The quantitative estimate of drug-likeness (QED) is 0.603. The summed E-state index contributed by atoms with van der Waals surface area (Å²) in [6.45, 7) is 0.150. The first kappa shape index (κ1) is 14.4. The Balaban J connectivity index is 1.96. The third kappa shape index (κ3) is 1.64. The monoisotopic (exact) mass is 344 g/mol. The van der Waals surface area contributed by atoms with E-state index in [1.165, 1.54) is 19.4 Å². The van der Waals surface area contributed by atoms with Crippen LogP contribution in [0.3, 0.4) is 0 Å². The second-order valence-corrected chi connectivity index (χ2v) is 6.00. The molecule has 25 heavy (non-hydrogen) atoms. The Bertz CT molecular complexity index is 1030. The largest absolute Gasteiger partial charge is 0.496 e. The maximum atomic E-state index is 12.4. The van der Waals surface area contributed by atoms with Gasteiger partial charge in [0.15, 0.2) is 11.2 Å². The number of fused-ring (bicyclic) bond motifs is 7. The number of hydrogen-bond donors (Lipinski definition) is 1. The van der Waals surface area contributed by atoms with E-state index >= 15 is 0 Å². The zero-order valence-electron chi connectivity index (χ0n) is 13.0. The van der Waals surface area contributed by atoms with Gasteiger partial charge in [-0.15, -0.1) is 0 Å². The first-order valence-corrected chi connectivity index (χ1v) is 7.65. The van der Waals surface area contributed by atoms with Crippen molar-refractivity contribution in [3.63, 3.8) is 0 Å². The molecule has 2 aromatic rings. The molecule has 1 aromatic carbocycles. The molecule has 2 unspecified atom stereocenters. The number of carbonyl (C=O) groups is 1. The van der Waals surface area contributed by atoms with E-state index in [1.807, 2.05) is 0 Å². The van der Waals surface area contributed by atoms with Crippen molar-refractivity contribution in [3.05, 3.63) is 45.5 Å². The lowest BCUT2D eigenvalue weighted by Gasteiger charge is -2.21. The molecular formula is C17H12O8. The summed E-state index contributed by atoms with van der Waals surface area (Å²) in [5.41, 5.74) is -1.67. The lowest BCUT2D eigenvalue weighted by atomic mass is 9.90. The number of carbonyl (C=O) groups excluding carboxylic acids is 1. The fourth-order valence-corrected chi connectivity index (χ4v) is 3.63. The molecule has 0 amide bonds. The number of cyclic esters (lactones) is 1. The number of methoxy groups -OCH3 is 1. The van der Waals surface area contributed by atoms with Crippen LogP contribution < -0.4 is 15.1 Å². The Morgan fingerprint density at radius 2 is 2.20 bits per heavy atom. The molecule has 8 heteroatoms. The molecule has 0 radical (unpaired) electrons. The predicted octanol–water partition coefficient (Wildman–Crippen LogP) is 0.964. The molecule has 0 bridgehead atoms. The van der Waals surface area contributed by atoms with Crippen LogP contribution >= 0.6 is 0 Å². The topological polar surface area (TPSA) is 104 Å². The van der Waals surface area contributed by atoms with Crippen LogP contribution in [0, 0.1) is 0 Å². The standard InChI is InChI=1S/C17H12O8/c1-21-8-6-9-12(17(20)3-5-23-16(17)24-9)13-10(8)7-2-4-22-14(18)11(7)15(19)25-13/h3,5-6,16,20H,2,4H2,1H3. The molecule has 5 rings (SSSR count). The number of ether oxygens (including phenoxy) is 4. The van der Waals surface area contributed by atoms with Crippen molar-refractivity contribution < 1.29 is 33.3 Å². The van der Waals surface area contributed by atoms with Crippen LogP contribution in [0.2, 0.25) is 0 Å². The van der Waals surface area contributed by atoms with Crippen LogP contribution in [0.25, 0.3) is 11.0 Å². The summed E-state index contributed by atoms with van der Waals surface area (Å²) in [4.78, 5) is 24.4. The zero-order valence-corrected chi connectivity index (χ0v) is 13.0. The summed E-state index contributed by atoms with van der Waals surface area (Å²) in [5, 5.41) is 11.4. The van der Waals surface area contributed by atoms with Crippen molar-refractivity contribution in [1.82, 2.24) is 0 Å². The molecule has 128 valence electrons. The molecule has 1 N–H and O–H groups in total. The van der Waals surface area contributed by atoms with Crippen LogP contribution in [0.4, 0.5) is 0 Å². The second-order valence-electron chi connectivity index (χ2n) is 6.00. The molecule has 0 spiro atoms. The number of rotatable bonds is 1. The van der Waals surface area contributed by atoms with Gasteiger partial charge in [0.05, 0.1) is 30.9 Å². The van der Waals surface area contributed by atoms with Crippen LogP contribution in [0.15, 0.2) is 27.6 Å². The molecule has 0 fully saturated rings. The third-order valence-corrected chi connectivity index (χ3v) is 4.74. The highest BCUT2D eigenvalue weighted by Gasteiger charge is 2.53. The van der Waals surface area contributed by atoms with Gasteiger partial charge in [-0.3, -0.25) is 0 Å². The highest BCUT2D eigenvalue weighted by Crippen LogP contribution is 2.51. The van der Waals surface area contributed by atoms with Gasteiger partial charge in [0.2, 0.25) is 0 Å². The highest BCUT2D eigenvalue weighted by molar-refractivity contribution is 6.01. The number of esters is 1. The zero-order chi connectivity index (χ0) is 17.3. The number of aliphatic hydroxyl groups is 1. The van der Waals surface area contributed by atoms with Gasteiger partial charge in [-0.25, -0.2) is 9.59 Å². The molecular weight excluding hydrogens is 332 g/mol. The minimum Gasteiger partial charge on any atom is -0.496 e. The van der Waals surface area contributed by atoms with E-state index in [0.29, 0.717) is 28.9 Å². The lowest BCUT2D eigenvalue weighted by molar-refractivity contribution is -0.109. The van der Waals surface area contributed by atoms with Gasteiger partial charge in [0.1, 0.15) is 17.1 Å². The molecule has 3 aliphatic heterocycles. The van der Waals surface area contributed by atoms with E-state index in [-0.39, 0.29) is 23.3 Å². The fraction of sp³-hybridized carbons (Fsp3) is 0.294. The summed E-state index contributed by atoms with van der Waals surface area (Å²) >= 11 is 0. The summed E-state index contributed by atoms with van der Waals surface area (Å²) < 4.78 is 26.7. The SMILES string of the molecule is COc1cc2c(c3oc(=O)c4c(c13)CCOC4=O)C1(O)C=COC1O2. The maximum Gasteiger partial charge on any atom is 0.351 e. The van der Waals surface area contributed by atoms with Crippen molar-refractivity contribution >= 4 is 16.9 Å². The van der Waals surface area contributed by atoms with Gasteiger partial charge in [-0.1, -0.05) is 0 Å². The van der Waals surface area contributed by atoms with Gasteiger partial charge in [0, 0.05) is 12.5 Å². The first-order chi connectivity index (χ1) is 12.0. The molecule has 0 aliphatic carbocycles. The van der Waals surface area contributed by atoms with Crippen molar-refractivity contribution in [1.29, 1.82) is 0 Å². The van der Waals surface area contributed by atoms with Crippen molar-refractivity contribution in [2.75, 3.05) is 13.7 Å². The van der Waals surface area contributed by atoms with Crippen molar-refractivity contribution in [2.24, 2.45) is 0 Å². The Labute approximate surface area is 140 Å². The first-order valence-electron chi connectivity index (χ1n) is 7.65. The molecule has 0 saturated carbocycles. The van der Waals surface area contributed by atoms with E-state index < -0.39 is 23.5 Å². The van der Waals surface area contributed by atoms with Crippen LogP contribution in [0.1, 0.15) is 21.5 Å². The lowest BCUT2D eigenvalue weighted by Crippen LogP contribution is -2.33. The van der Waals surface area contributed by atoms with E-state index in [0.717, 1.165) is 0 Å². The molecule has 2 atom stereocenters. The maximum absolute atomic E-state index is 12.4.